The molecular weight excluding hydrogens is 236 g/mol. The molecule has 1 aromatic rings. The van der Waals surface area contributed by atoms with Gasteiger partial charge < -0.3 is 5.32 Å². The van der Waals surface area contributed by atoms with Crippen molar-refractivity contribution in [2.45, 2.75) is 51.9 Å². The number of hydrogen-bond donors (Lipinski definition) is 1. The van der Waals surface area contributed by atoms with Crippen LogP contribution in [0.2, 0.25) is 0 Å². The van der Waals surface area contributed by atoms with Gasteiger partial charge in [0.15, 0.2) is 0 Å². The van der Waals surface area contributed by atoms with E-state index < -0.39 is 0 Å². The third-order valence-corrected chi connectivity index (χ3v) is 4.41. The lowest BCUT2D eigenvalue weighted by molar-refractivity contribution is -0.121. The quantitative estimate of drug-likeness (QED) is 0.854. The molecule has 1 aliphatic carbocycles. The van der Waals surface area contributed by atoms with Gasteiger partial charge in [0.05, 0.1) is 0 Å². The van der Waals surface area contributed by atoms with Crippen molar-refractivity contribution in [3.8, 4) is 0 Å². The van der Waals surface area contributed by atoms with Gasteiger partial charge in [-0.3, -0.25) is 9.78 Å². The van der Waals surface area contributed by atoms with Crippen molar-refractivity contribution in [1.29, 1.82) is 0 Å². The lowest BCUT2D eigenvalue weighted by Gasteiger charge is -2.27. The maximum atomic E-state index is 11.9. The molecule has 1 aromatic heterocycles. The van der Waals surface area contributed by atoms with Crippen molar-refractivity contribution < 1.29 is 4.79 Å². The van der Waals surface area contributed by atoms with Crippen molar-refractivity contribution in [1.82, 2.24) is 10.3 Å². The Hall–Kier alpha value is -1.38. The molecule has 1 heterocycles. The Labute approximate surface area is 115 Å². The maximum Gasteiger partial charge on any atom is 0.220 e. The second-order valence-electron chi connectivity index (χ2n) is 5.66. The minimum atomic E-state index is 0.158. The number of carbonyl (C=O) groups excluding carboxylic acids is 1. The molecular formula is C16H24N2O. The van der Waals surface area contributed by atoms with E-state index >= 15 is 0 Å². The number of rotatable bonds is 6. The number of carbonyl (C=O) groups is 1. The highest BCUT2D eigenvalue weighted by Crippen LogP contribution is 2.40. The lowest BCUT2D eigenvalue weighted by atomic mass is 9.83. The van der Waals surface area contributed by atoms with Gasteiger partial charge in [0.2, 0.25) is 5.91 Å². The molecule has 1 aliphatic rings. The predicted octanol–water partition coefficient (Wildman–Crippen LogP) is 3.10. The summed E-state index contributed by atoms with van der Waals surface area (Å²) in [6.45, 7) is 3.09. The van der Waals surface area contributed by atoms with Crippen LogP contribution in [0, 0.1) is 5.41 Å². The molecule has 0 bridgehead atoms. The molecule has 0 unspecified atom stereocenters. The number of pyridine rings is 1. The van der Waals surface area contributed by atoms with Crippen LogP contribution in [-0.2, 0) is 11.2 Å². The molecule has 1 N–H and O–H groups in total. The molecule has 0 aliphatic heterocycles. The van der Waals surface area contributed by atoms with Crippen molar-refractivity contribution >= 4 is 5.91 Å². The van der Waals surface area contributed by atoms with Crippen LogP contribution in [0.15, 0.2) is 24.4 Å². The highest BCUT2D eigenvalue weighted by molar-refractivity contribution is 5.76. The normalized spacial score (nSPS) is 17.3. The number of nitrogens with zero attached hydrogens (tertiary/aromatic N) is 1. The topological polar surface area (TPSA) is 42.0 Å². The molecule has 104 valence electrons. The summed E-state index contributed by atoms with van der Waals surface area (Å²) in [6.07, 6.45) is 9.39. The van der Waals surface area contributed by atoms with E-state index in [-0.39, 0.29) is 5.91 Å². The number of aryl methyl sites for hydroxylation is 1. The largest absolute Gasteiger partial charge is 0.356 e. The predicted molar refractivity (Wildman–Crippen MR) is 76.8 cm³/mol. The summed E-state index contributed by atoms with van der Waals surface area (Å²) >= 11 is 0. The third kappa shape index (κ3) is 4.05. The van der Waals surface area contributed by atoms with Crippen LogP contribution < -0.4 is 5.32 Å². The molecule has 3 heteroatoms. The molecule has 0 saturated heterocycles. The minimum absolute atomic E-state index is 0.158. The minimum Gasteiger partial charge on any atom is -0.356 e. The molecule has 1 saturated carbocycles. The van der Waals surface area contributed by atoms with E-state index in [1.54, 1.807) is 6.20 Å². The summed E-state index contributed by atoms with van der Waals surface area (Å²) in [4.78, 5) is 16.1. The highest BCUT2D eigenvalue weighted by Gasteiger charge is 2.31. The third-order valence-electron chi connectivity index (χ3n) is 4.41. The Balaban J connectivity index is 1.72. The van der Waals surface area contributed by atoms with E-state index in [0.29, 0.717) is 11.8 Å². The smallest absolute Gasteiger partial charge is 0.220 e. The van der Waals surface area contributed by atoms with Gasteiger partial charge in [0.1, 0.15) is 0 Å². The number of nitrogens with one attached hydrogen (secondary N) is 1. The Kier molecular flexibility index (Phi) is 4.94. The monoisotopic (exact) mass is 260 g/mol. The molecule has 1 fully saturated rings. The summed E-state index contributed by atoms with van der Waals surface area (Å²) in [5.74, 6) is 0.158. The van der Waals surface area contributed by atoms with Gasteiger partial charge >= 0.3 is 0 Å². The van der Waals surface area contributed by atoms with Crippen molar-refractivity contribution in [3.05, 3.63) is 30.1 Å². The van der Waals surface area contributed by atoms with Crippen LogP contribution in [0.1, 0.15) is 51.1 Å². The zero-order valence-electron chi connectivity index (χ0n) is 11.8. The standard InChI is InChI=1S/C16H24N2O/c1-2-16(10-4-5-11-16)13-18-15(19)9-8-14-7-3-6-12-17-14/h3,6-7,12H,2,4-5,8-11,13H2,1H3,(H,18,19). The fourth-order valence-electron chi connectivity index (χ4n) is 2.94. The highest BCUT2D eigenvalue weighted by atomic mass is 16.1. The van der Waals surface area contributed by atoms with Gasteiger partial charge in [0.25, 0.3) is 0 Å². The Bertz CT molecular complexity index is 396. The van der Waals surface area contributed by atoms with Crippen LogP contribution in [0.3, 0.4) is 0 Å². The zero-order chi connectivity index (χ0) is 13.6. The Morgan fingerprint density at radius 3 is 2.79 bits per heavy atom. The van der Waals surface area contributed by atoms with E-state index in [0.717, 1.165) is 18.7 Å². The maximum absolute atomic E-state index is 11.9. The van der Waals surface area contributed by atoms with Gasteiger partial charge in [-0.1, -0.05) is 25.8 Å². The Morgan fingerprint density at radius 2 is 2.16 bits per heavy atom. The second kappa shape index (κ2) is 6.69. The first-order chi connectivity index (χ1) is 9.24. The van der Waals surface area contributed by atoms with Gasteiger partial charge in [-0.05, 0) is 43.2 Å². The fraction of sp³-hybridized carbons (Fsp3) is 0.625. The summed E-state index contributed by atoms with van der Waals surface area (Å²) < 4.78 is 0. The average molecular weight is 260 g/mol. The van der Waals surface area contributed by atoms with Crippen molar-refractivity contribution in [3.63, 3.8) is 0 Å². The zero-order valence-corrected chi connectivity index (χ0v) is 11.8. The summed E-state index contributed by atoms with van der Waals surface area (Å²) in [6, 6.07) is 5.83. The first kappa shape index (κ1) is 14.0. The van der Waals surface area contributed by atoms with Crippen molar-refractivity contribution in [2.75, 3.05) is 6.54 Å². The molecule has 2 rings (SSSR count). The van der Waals surface area contributed by atoms with E-state index in [1.807, 2.05) is 18.2 Å². The number of amides is 1. The van der Waals surface area contributed by atoms with Crippen LogP contribution >= 0.6 is 0 Å². The fourth-order valence-corrected chi connectivity index (χ4v) is 2.94. The number of aromatic nitrogens is 1. The molecule has 19 heavy (non-hydrogen) atoms. The van der Waals surface area contributed by atoms with Crippen LogP contribution in [-0.4, -0.2) is 17.4 Å². The van der Waals surface area contributed by atoms with E-state index in [2.05, 4.69) is 17.2 Å². The second-order valence-corrected chi connectivity index (χ2v) is 5.66. The molecule has 0 radical (unpaired) electrons. The van der Waals surface area contributed by atoms with E-state index in [9.17, 15) is 4.79 Å². The van der Waals surface area contributed by atoms with Crippen LogP contribution in [0.4, 0.5) is 0 Å². The molecule has 0 atom stereocenters. The first-order valence-electron chi connectivity index (χ1n) is 7.41. The molecule has 3 nitrogen and oxygen atoms in total. The van der Waals surface area contributed by atoms with Crippen LogP contribution in [0.25, 0.3) is 0 Å². The number of hydrogen-bond acceptors (Lipinski definition) is 2. The first-order valence-corrected chi connectivity index (χ1v) is 7.41. The lowest BCUT2D eigenvalue weighted by Crippen LogP contribution is -2.35. The molecule has 1 amide bonds. The summed E-state index contributed by atoms with van der Waals surface area (Å²) in [5.41, 5.74) is 1.37. The van der Waals surface area contributed by atoms with Gasteiger partial charge in [0, 0.05) is 24.9 Å². The van der Waals surface area contributed by atoms with Gasteiger partial charge in [-0.2, -0.15) is 0 Å². The van der Waals surface area contributed by atoms with E-state index in [4.69, 9.17) is 0 Å². The molecule has 0 aromatic carbocycles. The summed E-state index contributed by atoms with van der Waals surface area (Å²) in [5, 5.41) is 3.12. The van der Waals surface area contributed by atoms with E-state index in [1.165, 1.54) is 32.1 Å². The van der Waals surface area contributed by atoms with Gasteiger partial charge in [-0.25, -0.2) is 0 Å². The SMILES string of the molecule is CCC1(CNC(=O)CCc2ccccn2)CCCC1. The molecule has 0 spiro atoms. The van der Waals surface area contributed by atoms with Crippen molar-refractivity contribution in [2.24, 2.45) is 5.41 Å². The Morgan fingerprint density at radius 1 is 1.37 bits per heavy atom. The summed E-state index contributed by atoms with van der Waals surface area (Å²) in [7, 11) is 0. The van der Waals surface area contributed by atoms with Gasteiger partial charge in [-0.15, -0.1) is 0 Å². The van der Waals surface area contributed by atoms with Crippen LogP contribution in [0.5, 0.6) is 0 Å². The average Bonchev–Trinajstić information content (AvgIpc) is 2.93.